The van der Waals surface area contributed by atoms with Gasteiger partial charge in [0.05, 0.1) is 12.7 Å². The number of carboxylic acid groups (broad SMARTS) is 1. The number of unbranched alkanes of at least 4 members (excludes halogenated alkanes) is 4. The van der Waals surface area contributed by atoms with E-state index in [2.05, 4.69) is 0 Å². The molecule has 1 heterocycles. The number of hydrogen-bond acceptors (Lipinski definition) is 3. The molecular formula is C13H24O4. The van der Waals surface area contributed by atoms with E-state index in [-0.39, 0.29) is 0 Å². The van der Waals surface area contributed by atoms with Gasteiger partial charge in [-0.3, -0.25) is 0 Å². The quantitative estimate of drug-likeness (QED) is 0.474. The van der Waals surface area contributed by atoms with E-state index in [1.165, 1.54) is 25.7 Å². The van der Waals surface area contributed by atoms with Crippen LogP contribution in [0.5, 0.6) is 0 Å². The van der Waals surface area contributed by atoms with Crippen LogP contribution in [-0.2, 0) is 14.3 Å². The van der Waals surface area contributed by atoms with Crippen molar-refractivity contribution < 1.29 is 19.4 Å². The van der Waals surface area contributed by atoms with Gasteiger partial charge >= 0.3 is 5.97 Å². The SMILES string of the molecule is CC(C)(OCCCCCCCC1CO1)C(=O)O. The van der Waals surface area contributed by atoms with Crippen molar-refractivity contribution in [1.29, 1.82) is 0 Å². The Kier molecular flexibility index (Phi) is 5.92. The van der Waals surface area contributed by atoms with E-state index in [0.29, 0.717) is 12.7 Å². The lowest BCUT2D eigenvalue weighted by molar-refractivity contribution is -0.161. The molecule has 0 saturated carbocycles. The molecule has 1 fully saturated rings. The van der Waals surface area contributed by atoms with E-state index in [0.717, 1.165) is 19.4 Å². The van der Waals surface area contributed by atoms with E-state index in [4.69, 9.17) is 14.6 Å². The summed E-state index contributed by atoms with van der Waals surface area (Å²) >= 11 is 0. The summed E-state index contributed by atoms with van der Waals surface area (Å²) in [6.07, 6.45) is 7.48. The van der Waals surface area contributed by atoms with Gasteiger partial charge in [0.2, 0.25) is 0 Å². The third-order valence-electron chi connectivity index (χ3n) is 3.05. The number of hydrogen-bond donors (Lipinski definition) is 1. The first-order valence-electron chi connectivity index (χ1n) is 6.51. The molecule has 0 radical (unpaired) electrons. The van der Waals surface area contributed by atoms with Crippen LogP contribution in [0.3, 0.4) is 0 Å². The molecule has 1 rings (SSSR count). The van der Waals surface area contributed by atoms with Gasteiger partial charge in [-0.2, -0.15) is 0 Å². The summed E-state index contributed by atoms with van der Waals surface area (Å²) in [7, 11) is 0. The van der Waals surface area contributed by atoms with Crippen LogP contribution in [0, 0.1) is 0 Å². The van der Waals surface area contributed by atoms with E-state index in [9.17, 15) is 4.79 Å². The van der Waals surface area contributed by atoms with E-state index < -0.39 is 11.6 Å². The molecule has 0 spiro atoms. The van der Waals surface area contributed by atoms with Crippen molar-refractivity contribution in [2.45, 2.75) is 64.1 Å². The third-order valence-corrected chi connectivity index (χ3v) is 3.05. The Labute approximate surface area is 103 Å². The van der Waals surface area contributed by atoms with Gasteiger partial charge in [0.1, 0.15) is 0 Å². The van der Waals surface area contributed by atoms with Crippen molar-refractivity contribution in [3.8, 4) is 0 Å². The summed E-state index contributed by atoms with van der Waals surface area (Å²) in [5, 5.41) is 8.83. The van der Waals surface area contributed by atoms with Crippen LogP contribution in [0.25, 0.3) is 0 Å². The molecule has 1 N–H and O–H groups in total. The van der Waals surface area contributed by atoms with E-state index in [1.54, 1.807) is 13.8 Å². The first-order valence-corrected chi connectivity index (χ1v) is 6.51. The van der Waals surface area contributed by atoms with Crippen LogP contribution in [0.15, 0.2) is 0 Å². The lowest BCUT2D eigenvalue weighted by Crippen LogP contribution is -2.35. The maximum Gasteiger partial charge on any atom is 0.335 e. The number of aliphatic carboxylic acids is 1. The van der Waals surface area contributed by atoms with Crippen LogP contribution < -0.4 is 0 Å². The Morgan fingerprint density at radius 1 is 1.29 bits per heavy atom. The third kappa shape index (κ3) is 6.64. The van der Waals surface area contributed by atoms with Crippen molar-refractivity contribution in [3.05, 3.63) is 0 Å². The highest BCUT2D eigenvalue weighted by Crippen LogP contribution is 2.18. The molecule has 4 heteroatoms. The van der Waals surface area contributed by atoms with Crippen molar-refractivity contribution in [3.63, 3.8) is 0 Å². The van der Waals surface area contributed by atoms with Gasteiger partial charge in [0.25, 0.3) is 0 Å². The van der Waals surface area contributed by atoms with Crippen LogP contribution in [0.2, 0.25) is 0 Å². The molecule has 100 valence electrons. The molecular weight excluding hydrogens is 220 g/mol. The zero-order chi connectivity index (χ0) is 12.7. The van der Waals surface area contributed by atoms with Crippen LogP contribution >= 0.6 is 0 Å². The highest BCUT2D eigenvalue weighted by Gasteiger charge is 2.27. The van der Waals surface area contributed by atoms with Crippen molar-refractivity contribution >= 4 is 5.97 Å². The zero-order valence-corrected chi connectivity index (χ0v) is 10.9. The van der Waals surface area contributed by atoms with Crippen LogP contribution in [0.1, 0.15) is 52.4 Å². The largest absolute Gasteiger partial charge is 0.479 e. The molecule has 1 aliphatic heterocycles. The van der Waals surface area contributed by atoms with Gasteiger partial charge < -0.3 is 14.6 Å². The van der Waals surface area contributed by atoms with E-state index in [1.807, 2.05) is 0 Å². The molecule has 4 nitrogen and oxygen atoms in total. The fraction of sp³-hybridized carbons (Fsp3) is 0.923. The monoisotopic (exact) mass is 244 g/mol. The van der Waals surface area contributed by atoms with Gasteiger partial charge in [0, 0.05) is 6.61 Å². The van der Waals surface area contributed by atoms with Crippen molar-refractivity contribution in [1.82, 2.24) is 0 Å². The second kappa shape index (κ2) is 6.97. The molecule has 0 aromatic rings. The summed E-state index contributed by atoms with van der Waals surface area (Å²) < 4.78 is 10.5. The number of carbonyl (C=O) groups is 1. The molecule has 0 bridgehead atoms. The fourth-order valence-corrected chi connectivity index (χ4v) is 1.63. The molecule has 1 aliphatic rings. The first-order chi connectivity index (χ1) is 8.02. The molecule has 17 heavy (non-hydrogen) atoms. The minimum atomic E-state index is -1.05. The summed E-state index contributed by atoms with van der Waals surface area (Å²) in [6.45, 7) is 4.67. The lowest BCUT2D eigenvalue weighted by Gasteiger charge is -2.19. The maximum atomic E-state index is 10.8. The first kappa shape index (κ1) is 14.5. The Morgan fingerprint density at radius 3 is 2.47 bits per heavy atom. The number of carboxylic acids is 1. The molecule has 0 aromatic carbocycles. The van der Waals surface area contributed by atoms with Gasteiger partial charge in [0.15, 0.2) is 5.60 Å². The zero-order valence-electron chi connectivity index (χ0n) is 10.9. The number of ether oxygens (including phenoxy) is 2. The van der Waals surface area contributed by atoms with Gasteiger partial charge in [-0.15, -0.1) is 0 Å². The average Bonchev–Trinajstić information content (AvgIpc) is 3.05. The topological polar surface area (TPSA) is 59.1 Å². The molecule has 0 aromatic heterocycles. The Hall–Kier alpha value is -0.610. The van der Waals surface area contributed by atoms with E-state index >= 15 is 0 Å². The number of rotatable bonds is 10. The van der Waals surface area contributed by atoms with Gasteiger partial charge in [-0.05, 0) is 26.7 Å². The Balaban J connectivity index is 1.84. The fourth-order valence-electron chi connectivity index (χ4n) is 1.63. The van der Waals surface area contributed by atoms with Crippen LogP contribution in [-0.4, -0.2) is 36.0 Å². The summed E-state index contributed by atoms with van der Waals surface area (Å²) in [5.41, 5.74) is -1.05. The standard InChI is InChI=1S/C13H24O4/c1-13(2,12(14)15)17-9-7-5-3-4-6-8-11-10-16-11/h11H,3-10H2,1-2H3,(H,14,15). The molecule has 0 amide bonds. The normalized spacial score (nSPS) is 19.3. The minimum Gasteiger partial charge on any atom is -0.479 e. The molecule has 0 aliphatic carbocycles. The van der Waals surface area contributed by atoms with Gasteiger partial charge in [-0.1, -0.05) is 25.7 Å². The van der Waals surface area contributed by atoms with Crippen molar-refractivity contribution in [2.75, 3.05) is 13.2 Å². The maximum absolute atomic E-state index is 10.8. The molecule has 1 unspecified atom stereocenters. The summed E-state index contributed by atoms with van der Waals surface area (Å²) in [5.74, 6) is -0.901. The second-order valence-corrected chi connectivity index (χ2v) is 5.18. The Morgan fingerprint density at radius 2 is 1.88 bits per heavy atom. The second-order valence-electron chi connectivity index (χ2n) is 5.18. The minimum absolute atomic E-state index is 0.533. The highest BCUT2D eigenvalue weighted by atomic mass is 16.6. The molecule has 1 saturated heterocycles. The smallest absolute Gasteiger partial charge is 0.335 e. The Bertz CT molecular complexity index is 234. The predicted octanol–water partition coefficient (Wildman–Crippen LogP) is 2.61. The average molecular weight is 244 g/mol. The molecule has 1 atom stereocenters. The van der Waals surface area contributed by atoms with Gasteiger partial charge in [-0.25, -0.2) is 4.79 Å². The summed E-state index contributed by atoms with van der Waals surface area (Å²) in [4.78, 5) is 10.8. The van der Waals surface area contributed by atoms with Crippen molar-refractivity contribution in [2.24, 2.45) is 0 Å². The summed E-state index contributed by atoms with van der Waals surface area (Å²) in [6, 6.07) is 0. The lowest BCUT2D eigenvalue weighted by atomic mass is 10.1. The number of epoxide rings is 1. The highest BCUT2D eigenvalue weighted by molar-refractivity contribution is 5.76. The predicted molar refractivity (Wildman–Crippen MR) is 65.1 cm³/mol. The van der Waals surface area contributed by atoms with Crippen LogP contribution in [0.4, 0.5) is 0 Å².